The van der Waals surface area contributed by atoms with Gasteiger partial charge in [0.1, 0.15) is 5.75 Å². The van der Waals surface area contributed by atoms with Crippen molar-refractivity contribution >= 4 is 5.69 Å². The molecule has 0 aliphatic rings. The Morgan fingerprint density at radius 3 is 2.61 bits per heavy atom. The Balaban J connectivity index is 2.11. The summed E-state index contributed by atoms with van der Waals surface area (Å²) in [5.74, 6) is 0.291. The van der Waals surface area contributed by atoms with E-state index in [1.54, 1.807) is 12.1 Å². The van der Waals surface area contributed by atoms with E-state index < -0.39 is 0 Å². The van der Waals surface area contributed by atoms with Gasteiger partial charge in [-0.05, 0) is 44.5 Å². The fourth-order valence-corrected chi connectivity index (χ4v) is 2.35. The van der Waals surface area contributed by atoms with Crippen LogP contribution in [0, 0.1) is 13.8 Å². The predicted octanol–water partition coefficient (Wildman–Crippen LogP) is 3.44. The first-order valence-corrected chi connectivity index (χ1v) is 6.30. The molecule has 2 rings (SSSR count). The van der Waals surface area contributed by atoms with Gasteiger partial charge in [-0.2, -0.15) is 0 Å². The van der Waals surface area contributed by atoms with Crippen molar-refractivity contribution in [2.45, 2.75) is 33.9 Å². The van der Waals surface area contributed by atoms with E-state index in [9.17, 15) is 5.11 Å². The molecule has 0 saturated carbocycles. The molecular weight excluding hydrogens is 224 g/mol. The second-order valence-electron chi connectivity index (χ2n) is 4.54. The zero-order valence-corrected chi connectivity index (χ0v) is 11.2. The van der Waals surface area contributed by atoms with Gasteiger partial charge in [0.25, 0.3) is 0 Å². The van der Waals surface area contributed by atoms with Gasteiger partial charge in [0.2, 0.25) is 0 Å². The first-order chi connectivity index (χ1) is 8.61. The normalized spacial score (nSPS) is 10.6. The molecule has 0 atom stereocenters. The van der Waals surface area contributed by atoms with E-state index in [0.29, 0.717) is 5.75 Å². The molecule has 18 heavy (non-hydrogen) atoms. The van der Waals surface area contributed by atoms with Crippen molar-refractivity contribution < 1.29 is 5.11 Å². The Hall–Kier alpha value is -1.90. The monoisotopic (exact) mass is 244 g/mol. The molecule has 2 N–H and O–H groups in total. The minimum atomic E-state index is 0.291. The van der Waals surface area contributed by atoms with Gasteiger partial charge in [-0.25, -0.2) is 0 Å². The van der Waals surface area contributed by atoms with Crippen LogP contribution in [0.25, 0.3) is 0 Å². The number of phenols is 1. The summed E-state index contributed by atoms with van der Waals surface area (Å²) in [7, 11) is 0. The number of nitrogens with one attached hydrogen (secondary N) is 1. The fraction of sp³-hybridized carbons (Fsp3) is 0.333. The van der Waals surface area contributed by atoms with Crippen molar-refractivity contribution in [2.24, 2.45) is 0 Å². The van der Waals surface area contributed by atoms with Crippen LogP contribution in [-0.2, 0) is 13.1 Å². The summed E-state index contributed by atoms with van der Waals surface area (Å²) < 4.78 is 2.31. The SMILES string of the molecule is CCn1c(C)cc(CNc2cccc(O)c2)c1C. The maximum atomic E-state index is 9.41. The number of aromatic nitrogens is 1. The average Bonchev–Trinajstić information content (AvgIpc) is 2.61. The lowest BCUT2D eigenvalue weighted by Gasteiger charge is -2.08. The molecule has 0 saturated heterocycles. The molecule has 0 aliphatic heterocycles. The lowest BCUT2D eigenvalue weighted by Crippen LogP contribution is -2.03. The number of nitrogens with zero attached hydrogens (tertiary/aromatic N) is 1. The topological polar surface area (TPSA) is 37.2 Å². The summed E-state index contributed by atoms with van der Waals surface area (Å²) in [6.45, 7) is 8.23. The third-order valence-electron chi connectivity index (χ3n) is 3.32. The van der Waals surface area contributed by atoms with Crippen LogP contribution in [-0.4, -0.2) is 9.67 Å². The molecule has 1 heterocycles. The molecule has 0 amide bonds. The van der Waals surface area contributed by atoms with E-state index in [1.807, 2.05) is 12.1 Å². The molecule has 0 aliphatic carbocycles. The Kier molecular flexibility index (Phi) is 3.60. The van der Waals surface area contributed by atoms with E-state index in [-0.39, 0.29) is 0 Å². The van der Waals surface area contributed by atoms with Gasteiger partial charge in [0.15, 0.2) is 0 Å². The lowest BCUT2D eigenvalue weighted by atomic mass is 10.2. The van der Waals surface area contributed by atoms with Crippen LogP contribution in [0.2, 0.25) is 0 Å². The Labute approximate surface area is 108 Å². The molecular formula is C15H20N2O. The highest BCUT2D eigenvalue weighted by molar-refractivity contribution is 5.48. The molecule has 3 heteroatoms. The van der Waals surface area contributed by atoms with E-state index in [2.05, 4.69) is 36.7 Å². The number of benzene rings is 1. The average molecular weight is 244 g/mol. The molecule has 96 valence electrons. The fourth-order valence-electron chi connectivity index (χ4n) is 2.35. The van der Waals surface area contributed by atoms with E-state index in [4.69, 9.17) is 0 Å². The van der Waals surface area contributed by atoms with Crippen molar-refractivity contribution in [3.8, 4) is 5.75 Å². The Morgan fingerprint density at radius 1 is 1.22 bits per heavy atom. The summed E-state index contributed by atoms with van der Waals surface area (Å²) in [5, 5.41) is 12.7. The summed E-state index contributed by atoms with van der Waals surface area (Å²) in [6.07, 6.45) is 0. The molecule has 1 aromatic heterocycles. The first-order valence-electron chi connectivity index (χ1n) is 6.30. The molecule has 0 spiro atoms. The molecule has 1 aromatic carbocycles. The zero-order valence-electron chi connectivity index (χ0n) is 11.2. The quantitative estimate of drug-likeness (QED) is 0.864. The highest BCUT2D eigenvalue weighted by atomic mass is 16.3. The molecule has 2 aromatic rings. The van der Waals surface area contributed by atoms with Crippen molar-refractivity contribution in [3.05, 3.63) is 47.3 Å². The van der Waals surface area contributed by atoms with Crippen LogP contribution in [0.1, 0.15) is 23.9 Å². The van der Waals surface area contributed by atoms with Crippen molar-refractivity contribution in [1.82, 2.24) is 4.57 Å². The number of hydrogen-bond acceptors (Lipinski definition) is 2. The number of anilines is 1. The molecule has 0 radical (unpaired) electrons. The number of hydrogen-bond donors (Lipinski definition) is 2. The molecule has 0 unspecified atom stereocenters. The number of phenolic OH excluding ortho intramolecular Hbond substituents is 1. The second kappa shape index (κ2) is 5.17. The Morgan fingerprint density at radius 2 is 2.00 bits per heavy atom. The summed E-state index contributed by atoms with van der Waals surface area (Å²) >= 11 is 0. The largest absolute Gasteiger partial charge is 0.508 e. The van der Waals surface area contributed by atoms with Gasteiger partial charge in [0.05, 0.1) is 0 Å². The molecule has 0 fully saturated rings. The third kappa shape index (κ3) is 2.50. The summed E-state index contributed by atoms with van der Waals surface area (Å²) in [5.41, 5.74) is 4.85. The van der Waals surface area contributed by atoms with Crippen LogP contribution >= 0.6 is 0 Å². The van der Waals surface area contributed by atoms with E-state index in [0.717, 1.165) is 18.8 Å². The standard InChI is InChI=1S/C15H20N2O/c1-4-17-11(2)8-13(12(17)3)10-16-14-6-5-7-15(18)9-14/h5-9,16,18H,4,10H2,1-3H3. The highest BCUT2D eigenvalue weighted by Gasteiger charge is 2.07. The summed E-state index contributed by atoms with van der Waals surface area (Å²) in [4.78, 5) is 0. The number of aryl methyl sites for hydroxylation is 1. The highest BCUT2D eigenvalue weighted by Crippen LogP contribution is 2.19. The first kappa shape index (κ1) is 12.6. The van der Waals surface area contributed by atoms with Gasteiger partial charge < -0.3 is 15.0 Å². The summed E-state index contributed by atoms with van der Waals surface area (Å²) in [6, 6.07) is 9.42. The minimum Gasteiger partial charge on any atom is -0.508 e. The molecule has 0 bridgehead atoms. The minimum absolute atomic E-state index is 0.291. The van der Waals surface area contributed by atoms with E-state index in [1.165, 1.54) is 17.0 Å². The van der Waals surface area contributed by atoms with Crippen molar-refractivity contribution in [3.63, 3.8) is 0 Å². The van der Waals surface area contributed by atoms with Crippen molar-refractivity contribution in [2.75, 3.05) is 5.32 Å². The second-order valence-corrected chi connectivity index (χ2v) is 4.54. The van der Waals surface area contributed by atoms with E-state index >= 15 is 0 Å². The van der Waals surface area contributed by atoms with Gasteiger partial charge >= 0.3 is 0 Å². The van der Waals surface area contributed by atoms with Crippen LogP contribution in [0.15, 0.2) is 30.3 Å². The van der Waals surface area contributed by atoms with Crippen LogP contribution in [0.3, 0.4) is 0 Å². The number of rotatable bonds is 4. The predicted molar refractivity (Wildman–Crippen MR) is 75.0 cm³/mol. The maximum Gasteiger partial charge on any atom is 0.117 e. The van der Waals surface area contributed by atoms with Gasteiger partial charge in [0, 0.05) is 36.2 Å². The molecule has 3 nitrogen and oxygen atoms in total. The number of aromatic hydroxyl groups is 1. The van der Waals surface area contributed by atoms with Gasteiger partial charge in [-0.1, -0.05) is 6.07 Å². The van der Waals surface area contributed by atoms with Crippen molar-refractivity contribution in [1.29, 1.82) is 0 Å². The van der Waals surface area contributed by atoms with Gasteiger partial charge in [-0.15, -0.1) is 0 Å². The van der Waals surface area contributed by atoms with Crippen LogP contribution in [0.4, 0.5) is 5.69 Å². The Bertz CT molecular complexity index is 543. The smallest absolute Gasteiger partial charge is 0.117 e. The van der Waals surface area contributed by atoms with Gasteiger partial charge in [-0.3, -0.25) is 0 Å². The van der Waals surface area contributed by atoms with Crippen LogP contribution < -0.4 is 5.32 Å². The van der Waals surface area contributed by atoms with Crippen LogP contribution in [0.5, 0.6) is 5.75 Å². The maximum absolute atomic E-state index is 9.41. The third-order valence-corrected chi connectivity index (χ3v) is 3.32. The lowest BCUT2D eigenvalue weighted by molar-refractivity contribution is 0.475. The zero-order chi connectivity index (χ0) is 13.1.